The fraction of sp³-hybridized carbons (Fsp3) is 0.471. The van der Waals surface area contributed by atoms with Crippen LogP contribution in [0.5, 0.6) is 0 Å². The predicted molar refractivity (Wildman–Crippen MR) is 93.3 cm³/mol. The monoisotopic (exact) mass is 386 g/mol. The van der Waals surface area contributed by atoms with E-state index < -0.39 is 38.1 Å². The van der Waals surface area contributed by atoms with Gasteiger partial charge < -0.3 is 14.9 Å². The summed E-state index contributed by atoms with van der Waals surface area (Å²) in [5.41, 5.74) is 0.803. The molecule has 144 valence electrons. The molecule has 0 aromatic heterocycles. The molecule has 0 aliphatic heterocycles. The normalized spacial score (nSPS) is 14.2. The van der Waals surface area contributed by atoms with Gasteiger partial charge in [-0.15, -0.1) is 0 Å². The average molecular weight is 386 g/mol. The van der Waals surface area contributed by atoms with Crippen LogP contribution in [0.4, 0.5) is 0 Å². The number of hydrogen-bond donors (Lipinski definition) is 2. The molecule has 3 atom stereocenters. The van der Waals surface area contributed by atoms with Crippen molar-refractivity contribution in [2.24, 2.45) is 5.92 Å². The Bertz CT molecular complexity index is 631. The molecule has 1 aromatic rings. The zero-order valence-electron chi connectivity index (χ0n) is 14.4. The summed E-state index contributed by atoms with van der Waals surface area (Å²) >= 11 is 0. The molecule has 3 unspecified atom stereocenters. The SMILES string of the molecule is CCC(=O)OC(Cc1ccccc1)O[PH](=O)CC(CCC(=O)O)C(=O)O. The molecule has 1 aromatic carbocycles. The minimum absolute atomic E-state index is 0.117. The van der Waals surface area contributed by atoms with Crippen molar-refractivity contribution in [1.82, 2.24) is 0 Å². The van der Waals surface area contributed by atoms with Gasteiger partial charge in [0.2, 0.25) is 6.29 Å². The fourth-order valence-corrected chi connectivity index (χ4v) is 3.45. The molecule has 0 aliphatic carbocycles. The summed E-state index contributed by atoms with van der Waals surface area (Å²) in [5, 5.41) is 17.8. The Labute approximate surface area is 152 Å². The molecule has 2 N–H and O–H groups in total. The number of rotatable bonds is 12. The van der Waals surface area contributed by atoms with Crippen LogP contribution in [0.3, 0.4) is 0 Å². The van der Waals surface area contributed by atoms with Crippen molar-refractivity contribution in [2.45, 2.75) is 38.9 Å². The van der Waals surface area contributed by atoms with Crippen LogP contribution in [0, 0.1) is 5.92 Å². The van der Waals surface area contributed by atoms with Gasteiger partial charge in [0.1, 0.15) is 0 Å². The second-order valence-electron chi connectivity index (χ2n) is 5.62. The fourth-order valence-electron chi connectivity index (χ4n) is 2.15. The molecule has 0 fully saturated rings. The number of carbonyl (C=O) groups is 3. The lowest BCUT2D eigenvalue weighted by molar-refractivity contribution is -0.162. The summed E-state index contributed by atoms with van der Waals surface area (Å²) in [4.78, 5) is 33.3. The number of carboxylic acid groups (broad SMARTS) is 2. The molecule has 0 spiro atoms. The molecule has 0 saturated carbocycles. The largest absolute Gasteiger partial charge is 0.481 e. The Morgan fingerprint density at radius 1 is 1.15 bits per heavy atom. The van der Waals surface area contributed by atoms with E-state index in [1.807, 2.05) is 6.07 Å². The second kappa shape index (κ2) is 11.4. The van der Waals surface area contributed by atoms with Crippen LogP contribution in [-0.4, -0.2) is 40.6 Å². The summed E-state index contributed by atoms with van der Waals surface area (Å²) < 4.78 is 22.7. The standard InChI is InChI=1S/C17H23O8P/c1-2-15(20)24-16(10-12-6-4-3-5-7-12)25-26(23)11-13(17(21)22)8-9-14(18)19/h3-7,13,16,26H,2,8-11H2,1H3,(H,18,19)(H,21,22). The highest BCUT2D eigenvalue weighted by atomic mass is 31.1. The van der Waals surface area contributed by atoms with Crippen LogP contribution in [-0.2, 0) is 34.6 Å². The number of aliphatic carboxylic acids is 2. The molecule has 1 rings (SSSR count). The number of hydrogen-bond acceptors (Lipinski definition) is 6. The smallest absolute Gasteiger partial charge is 0.307 e. The van der Waals surface area contributed by atoms with Gasteiger partial charge in [0.25, 0.3) is 0 Å². The van der Waals surface area contributed by atoms with E-state index in [0.717, 1.165) is 5.56 Å². The number of esters is 1. The Hall–Kier alpha value is -2.18. The Morgan fingerprint density at radius 2 is 1.81 bits per heavy atom. The molecule has 26 heavy (non-hydrogen) atoms. The van der Waals surface area contributed by atoms with E-state index in [-0.39, 0.29) is 31.8 Å². The lowest BCUT2D eigenvalue weighted by Crippen LogP contribution is -2.23. The molecule has 9 heteroatoms. The molecule has 0 amide bonds. The van der Waals surface area contributed by atoms with E-state index in [1.165, 1.54) is 0 Å². The zero-order chi connectivity index (χ0) is 19.5. The zero-order valence-corrected chi connectivity index (χ0v) is 15.4. The van der Waals surface area contributed by atoms with Crippen molar-refractivity contribution in [3.05, 3.63) is 35.9 Å². The maximum absolute atomic E-state index is 12.2. The van der Waals surface area contributed by atoms with E-state index in [9.17, 15) is 18.9 Å². The summed E-state index contributed by atoms with van der Waals surface area (Å²) in [6.45, 7) is 1.61. The first-order valence-electron chi connectivity index (χ1n) is 8.19. The summed E-state index contributed by atoms with van der Waals surface area (Å²) in [5.74, 6) is -3.99. The first-order valence-corrected chi connectivity index (χ1v) is 9.71. The van der Waals surface area contributed by atoms with Gasteiger partial charge in [-0.25, -0.2) is 0 Å². The maximum atomic E-state index is 12.2. The summed E-state index contributed by atoms with van der Waals surface area (Å²) in [7, 11) is -2.85. The Balaban J connectivity index is 2.71. The van der Waals surface area contributed by atoms with Gasteiger partial charge in [-0.3, -0.25) is 23.5 Å². The molecule has 0 radical (unpaired) electrons. The van der Waals surface area contributed by atoms with Crippen molar-refractivity contribution in [1.29, 1.82) is 0 Å². The van der Waals surface area contributed by atoms with Crippen molar-refractivity contribution in [2.75, 3.05) is 6.16 Å². The van der Waals surface area contributed by atoms with Crippen LogP contribution in [0.15, 0.2) is 30.3 Å². The molecule has 0 bridgehead atoms. The third-order valence-electron chi connectivity index (χ3n) is 3.53. The lowest BCUT2D eigenvalue weighted by atomic mass is 10.1. The van der Waals surface area contributed by atoms with Gasteiger partial charge in [0.05, 0.1) is 5.92 Å². The molecule has 0 aliphatic rings. The highest BCUT2D eigenvalue weighted by molar-refractivity contribution is 7.39. The highest BCUT2D eigenvalue weighted by Gasteiger charge is 2.25. The number of carboxylic acids is 2. The Morgan fingerprint density at radius 3 is 2.35 bits per heavy atom. The molecular formula is C17H23O8P. The molecule has 8 nitrogen and oxygen atoms in total. The van der Waals surface area contributed by atoms with Crippen LogP contribution < -0.4 is 0 Å². The van der Waals surface area contributed by atoms with Crippen molar-refractivity contribution in [3.63, 3.8) is 0 Å². The first kappa shape index (κ1) is 21.9. The van der Waals surface area contributed by atoms with Crippen molar-refractivity contribution in [3.8, 4) is 0 Å². The predicted octanol–water partition coefficient (Wildman–Crippen LogP) is 2.57. The Kier molecular flexibility index (Phi) is 9.62. The third kappa shape index (κ3) is 8.78. The highest BCUT2D eigenvalue weighted by Crippen LogP contribution is 2.31. The van der Waals surface area contributed by atoms with Crippen LogP contribution in [0.1, 0.15) is 31.7 Å². The number of ether oxygens (including phenoxy) is 1. The maximum Gasteiger partial charge on any atom is 0.307 e. The summed E-state index contributed by atoms with van der Waals surface area (Å²) in [6.07, 6.45) is -1.61. The van der Waals surface area contributed by atoms with Crippen molar-refractivity contribution < 1.29 is 38.4 Å². The summed E-state index contributed by atoms with van der Waals surface area (Å²) in [6, 6.07) is 8.99. The molecular weight excluding hydrogens is 363 g/mol. The second-order valence-corrected chi connectivity index (χ2v) is 7.01. The number of benzene rings is 1. The first-order chi connectivity index (χ1) is 12.3. The van der Waals surface area contributed by atoms with Gasteiger partial charge in [-0.05, 0) is 12.0 Å². The van der Waals surface area contributed by atoms with E-state index >= 15 is 0 Å². The van der Waals surface area contributed by atoms with E-state index in [1.54, 1.807) is 31.2 Å². The van der Waals surface area contributed by atoms with Crippen molar-refractivity contribution >= 4 is 25.9 Å². The third-order valence-corrected chi connectivity index (χ3v) is 4.88. The van der Waals surface area contributed by atoms with Gasteiger partial charge in [-0.2, -0.15) is 0 Å². The van der Waals surface area contributed by atoms with Gasteiger partial charge in [0.15, 0.2) is 8.03 Å². The minimum Gasteiger partial charge on any atom is -0.481 e. The van der Waals surface area contributed by atoms with Crippen LogP contribution in [0.25, 0.3) is 0 Å². The van der Waals surface area contributed by atoms with Gasteiger partial charge in [-0.1, -0.05) is 37.3 Å². The van der Waals surface area contributed by atoms with E-state index in [4.69, 9.17) is 19.5 Å². The van der Waals surface area contributed by atoms with Gasteiger partial charge in [0, 0.05) is 25.4 Å². The number of carbonyl (C=O) groups excluding carboxylic acids is 1. The van der Waals surface area contributed by atoms with Gasteiger partial charge >= 0.3 is 17.9 Å². The lowest BCUT2D eigenvalue weighted by Gasteiger charge is -2.19. The molecule has 0 heterocycles. The average Bonchev–Trinajstić information content (AvgIpc) is 2.58. The minimum atomic E-state index is -2.85. The topological polar surface area (TPSA) is 127 Å². The van der Waals surface area contributed by atoms with E-state index in [0.29, 0.717) is 0 Å². The quantitative estimate of drug-likeness (QED) is 0.319. The van der Waals surface area contributed by atoms with Crippen LogP contribution in [0.2, 0.25) is 0 Å². The van der Waals surface area contributed by atoms with Crippen LogP contribution >= 0.6 is 8.03 Å². The molecule has 0 saturated heterocycles. The van der Waals surface area contributed by atoms with E-state index in [2.05, 4.69) is 0 Å².